The zero-order chi connectivity index (χ0) is 13.8. The van der Waals surface area contributed by atoms with Crippen LogP contribution in [-0.2, 0) is 0 Å². The first-order chi connectivity index (χ1) is 9.15. The first-order valence-electron chi connectivity index (χ1n) is 5.85. The van der Waals surface area contributed by atoms with E-state index in [4.69, 9.17) is 9.47 Å². The molecule has 100 valence electrons. The molecule has 0 aliphatic rings. The van der Waals surface area contributed by atoms with Crippen molar-refractivity contribution in [2.45, 2.75) is 13.0 Å². The largest absolute Gasteiger partial charge is 0.493 e. The summed E-state index contributed by atoms with van der Waals surface area (Å²) in [5.41, 5.74) is 1.25. The lowest BCUT2D eigenvalue weighted by atomic mass is 10.1. The first kappa shape index (κ1) is 13.3. The third-order valence-electron chi connectivity index (χ3n) is 2.80. The molecule has 2 aromatic rings. The molecule has 0 bridgehead atoms. The number of methoxy groups -OCH3 is 2. The van der Waals surface area contributed by atoms with Gasteiger partial charge in [-0.25, -0.2) is 9.97 Å². The molecule has 19 heavy (non-hydrogen) atoms. The third kappa shape index (κ3) is 2.82. The molecule has 1 aromatic carbocycles. The lowest BCUT2D eigenvalue weighted by Crippen LogP contribution is -2.04. The number of hydrogen-bond acceptors (Lipinski definition) is 5. The van der Waals surface area contributed by atoms with E-state index < -0.39 is 6.10 Å². The molecule has 2 rings (SSSR count). The molecule has 1 aromatic heterocycles. The van der Waals surface area contributed by atoms with Gasteiger partial charge in [-0.05, 0) is 30.7 Å². The highest BCUT2D eigenvalue weighted by Crippen LogP contribution is 2.31. The van der Waals surface area contributed by atoms with Gasteiger partial charge in [0.25, 0.3) is 0 Å². The second-order valence-corrected chi connectivity index (χ2v) is 4.05. The van der Waals surface area contributed by atoms with Gasteiger partial charge in [0.2, 0.25) is 0 Å². The molecule has 1 atom stereocenters. The zero-order valence-corrected chi connectivity index (χ0v) is 11.1. The quantitative estimate of drug-likeness (QED) is 0.909. The Labute approximate surface area is 111 Å². The molecule has 0 amide bonds. The van der Waals surface area contributed by atoms with Gasteiger partial charge in [0.1, 0.15) is 11.9 Å². The molecule has 0 saturated heterocycles. The van der Waals surface area contributed by atoms with Crippen LogP contribution in [-0.4, -0.2) is 29.3 Å². The first-order valence-corrected chi connectivity index (χ1v) is 5.85. The van der Waals surface area contributed by atoms with Crippen LogP contribution in [0, 0.1) is 6.92 Å². The lowest BCUT2D eigenvalue weighted by molar-refractivity contribution is 0.214. The molecule has 0 radical (unpaired) electrons. The Morgan fingerprint density at radius 3 is 2.47 bits per heavy atom. The molecule has 1 heterocycles. The van der Waals surface area contributed by atoms with Crippen molar-refractivity contribution in [3.63, 3.8) is 0 Å². The summed E-state index contributed by atoms with van der Waals surface area (Å²) in [6, 6.07) is 6.96. The van der Waals surface area contributed by atoms with Gasteiger partial charge in [0.15, 0.2) is 11.5 Å². The van der Waals surface area contributed by atoms with Crippen molar-refractivity contribution in [1.29, 1.82) is 0 Å². The number of nitrogens with zero attached hydrogens (tertiary/aromatic N) is 2. The summed E-state index contributed by atoms with van der Waals surface area (Å²) in [5.74, 6) is 1.82. The number of aliphatic hydroxyl groups is 1. The molecule has 5 nitrogen and oxygen atoms in total. The molecular weight excluding hydrogens is 244 g/mol. The van der Waals surface area contributed by atoms with E-state index in [1.807, 2.05) is 0 Å². The highest BCUT2D eigenvalue weighted by atomic mass is 16.5. The number of aromatic nitrogens is 2. The summed E-state index contributed by atoms with van der Waals surface area (Å²) >= 11 is 0. The summed E-state index contributed by atoms with van der Waals surface area (Å²) in [7, 11) is 3.13. The minimum absolute atomic E-state index is 0.555. The molecule has 0 aliphatic heterocycles. The Morgan fingerprint density at radius 2 is 1.84 bits per heavy atom. The summed E-state index contributed by atoms with van der Waals surface area (Å²) in [6.07, 6.45) is 0.809. The normalized spacial score (nSPS) is 12.0. The van der Waals surface area contributed by atoms with Gasteiger partial charge in [0.05, 0.1) is 19.9 Å². The lowest BCUT2D eigenvalue weighted by Gasteiger charge is -2.14. The van der Waals surface area contributed by atoms with Crippen LogP contribution >= 0.6 is 0 Å². The Balaban J connectivity index is 2.36. The molecule has 0 spiro atoms. The molecule has 0 aliphatic carbocycles. The maximum absolute atomic E-state index is 10.3. The van der Waals surface area contributed by atoms with Crippen LogP contribution in [0.15, 0.2) is 30.5 Å². The van der Waals surface area contributed by atoms with E-state index >= 15 is 0 Å². The molecule has 1 N–H and O–H groups in total. The fourth-order valence-electron chi connectivity index (χ4n) is 1.82. The summed E-state index contributed by atoms with van der Waals surface area (Å²) in [4.78, 5) is 8.22. The van der Waals surface area contributed by atoms with Crippen molar-refractivity contribution < 1.29 is 14.6 Å². The van der Waals surface area contributed by atoms with Crippen molar-refractivity contribution in [3.8, 4) is 11.5 Å². The van der Waals surface area contributed by atoms with Gasteiger partial charge in [0, 0.05) is 6.20 Å². The molecule has 0 fully saturated rings. The second kappa shape index (κ2) is 5.67. The van der Waals surface area contributed by atoms with Crippen LogP contribution in [0.3, 0.4) is 0 Å². The van der Waals surface area contributed by atoms with Gasteiger partial charge in [-0.3, -0.25) is 0 Å². The maximum Gasteiger partial charge on any atom is 0.161 e. The predicted octanol–water partition coefficient (Wildman–Crippen LogP) is 1.88. The fourth-order valence-corrected chi connectivity index (χ4v) is 1.82. The average molecular weight is 260 g/mol. The van der Waals surface area contributed by atoms with Crippen LogP contribution in [0.2, 0.25) is 0 Å². The second-order valence-electron chi connectivity index (χ2n) is 4.05. The summed E-state index contributed by atoms with van der Waals surface area (Å²) in [6.45, 7) is 1.78. The smallest absolute Gasteiger partial charge is 0.161 e. The van der Waals surface area contributed by atoms with Crippen molar-refractivity contribution in [2.75, 3.05) is 14.2 Å². The average Bonchev–Trinajstić information content (AvgIpc) is 2.45. The van der Waals surface area contributed by atoms with E-state index in [9.17, 15) is 5.11 Å². The van der Waals surface area contributed by atoms with Crippen LogP contribution in [0.5, 0.6) is 11.5 Å². The standard InChI is InChI=1S/C14H16N2O3/c1-9-15-7-6-11(16-9)14(17)10-4-5-12(18-2)13(8-10)19-3/h4-8,14,17H,1-3H3. The minimum atomic E-state index is -0.818. The van der Waals surface area contributed by atoms with Crippen LogP contribution in [0.25, 0.3) is 0 Å². The van der Waals surface area contributed by atoms with Crippen LogP contribution in [0.1, 0.15) is 23.2 Å². The highest BCUT2D eigenvalue weighted by molar-refractivity contribution is 5.44. The number of ether oxygens (including phenoxy) is 2. The van der Waals surface area contributed by atoms with Crippen molar-refractivity contribution >= 4 is 0 Å². The van der Waals surface area contributed by atoms with Gasteiger partial charge in [-0.2, -0.15) is 0 Å². The van der Waals surface area contributed by atoms with Crippen LogP contribution < -0.4 is 9.47 Å². The SMILES string of the molecule is COc1ccc(C(O)c2ccnc(C)n2)cc1OC. The maximum atomic E-state index is 10.3. The zero-order valence-electron chi connectivity index (χ0n) is 11.1. The van der Waals surface area contributed by atoms with Crippen molar-refractivity contribution in [3.05, 3.63) is 47.5 Å². The summed E-state index contributed by atoms with van der Waals surface area (Å²) < 4.78 is 10.4. The number of aliphatic hydroxyl groups excluding tert-OH is 1. The van der Waals surface area contributed by atoms with Crippen molar-refractivity contribution in [2.24, 2.45) is 0 Å². The van der Waals surface area contributed by atoms with E-state index in [1.165, 1.54) is 0 Å². The van der Waals surface area contributed by atoms with E-state index in [0.29, 0.717) is 28.6 Å². The Hall–Kier alpha value is -2.14. The number of hydrogen-bond donors (Lipinski definition) is 1. The molecular formula is C14H16N2O3. The number of aryl methyl sites for hydroxylation is 1. The number of benzene rings is 1. The molecule has 5 heteroatoms. The topological polar surface area (TPSA) is 64.5 Å². The third-order valence-corrected chi connectivity index (χ3v) is 2.80. The number of rotatable bonds is 4. The van der Waals surface area contributed by atoms with Crippen LogP contribution in [0.4, 0.5) is 0 Å². The highest BCUT2D eigenvalue weighted by Gasteiger charge is 2.15. The Morgan fingerprint density at radius 1 is 1.11 bits per heavy atom. The predicted molar refractivity (Wildman–Crippen MR) is 70.4 cm³/mol. The van der Waals surface area contributed by atoms with E-state index in [2.05, 4.69) is 9.97 Å². The molecule has 0 saturated carbocycles. The van der Waals surface area contributed by atoms with Gasteiger partial charge >= 0.3 is 0 Å². The Bertz CT molecular complexity index is 572. The minimum Gasteiger partial charge on any atom is -0.493 e. The monoisotopic (exact) mass is 260 g/mol. The van der Waals surface area contributed by atoms with Gasteiger partial charge in [-0.1, -0.05) is 6.07 Å². The van der Waals surface area contributed by atoms with Gasteiger partial charge < -0.3 is 14.6 Å². The van der Waals surface area contributed by atoms with E-state index in [1.54, 1.807) is 51.6 Å². The summed E-state index contributed by atoms with van der Waals surface area (Å²) in [5, 5.41) is 10.3. The Kier molecular flexibility index (Phi) is 3.97. The van der Waals surface area contributed by atoms with Crippen molar-refractivity contribution in [1.82, 2.24) is 9.97 Å². The molecule has 1 unspecified atom stereocenters. The van der Waals surface area contributed by atoms with E-state index in [-0.39, 0.29) is 0 Å². The fraction of sp³-hybridized carbons (Fsp3) is 0.286. The van der Waals surface area contributed by atoms with Gasteiger partial charge in [-0.15, -0.1) is 0 Å². The van der Waals surface area contributed by atoms with E-state index in [0.717, 1.165) is 0 Å².